The van der Waals surface area contributed by atoms with Gasteiger partial charge in [-0.05, 0) is 24.6 Å². The van der Waals surface area contributed by atoms with Crippen LogP contribution in [-0.2, 0) is 16.6 Å². The van der Waals surface area contributed by atoms with Crippen LogP contribution in [0.4, 0.5) is 0 Å². The average Bonchev–Trinajstić information content (AvgIpc) is 2.30. The van der Waals surface area contributed by atoms with E-state index in [4.69, 9.17) is 15.5 Å². The van der Waals surface area contributed by atoms with Gasteiger partial charge in [0.15, 0.2) is 0 Å². The van der Waals surface area contributed by atoms with Crippen molar-refractivity contribution in [3.05, 3.63) is 0 Å². The summed E-state index contributed by atoms with van der Waals surface area (Å²) in [5.41, 5.74) is 5.05. The van der Waals surface area contributed by atoms with Gasteiger partial charge in [0.05, 0.1) is 6.04 Å². The van der Waals surface area contributed by atoms with E-state index in [0.29, 0.717) is 13.0 Å². The molecule has 0 aliphatic carbocycles. The van der Waals surface area contributed by atoms with Crippen molar-refractivity contribution < 1.29 is 14.6 Å². The van der Waals surface area contributed by atoms with E-state index in [-0.39, 0.29) is 0 Å². The SMILES string of the molecule is NC(=O)[C@@H]1CCCN1P(O)(O)=S. The zero-order valence-electron chi connectivity index (χ0n) is 6.38. The van der Waals surface area contributed by atoms with Crippen LogP contribution in [0.2, 0.25) is 0 Å². The molecule has 0 spiro atoms. The molecule has 1 aliphatic heterocycles. The summed E-state index contributed by atoms with van der Waals surface area (Å²) < 4.78 is 1.23. The molecule has 0 saturated carbocycles. The Morgan fingerprint density at radius 3 is 2.58 bits per heavy atom. The van der Waals surface area contributed by atoms with Gasteiger partial charge in [0.2, 0.25) is 5.91 Å². The van der Waals surface area contributed by atoms with Crippen molar-refractivity contribution in [2.75, 3.05) is 6.54 Å². The number of hydrogen-bond donors (Lipinski definition) is 3. The summed E-state index contributed by atoms with van der Waals surface area (Å²) >= 11 is 4.48. The van der Waals surface area contributed by atoms with Gasteiger partial charge in [-0.15, -0.1) is 0 Å². The van der Waals surface area contributed by atoms with Crippen molar-refractivity contribution in [1.29, 1.82) is 0 Å². The van der Waals surface area contributed by atoms with Gasteiger partial charge in [0, 0.05) is 6.54 Å². The maximum atomic E-state index is 10.8. The number of primary amides is 1. The number of hydrogen-bond acceptors (Lipinski definition) is 2. The van der Waals surface area contributed by atoms with Crippen LogP contribution in [0.25, 0.3) is 0 Å². The number of nitrogens with two attached hydrogens (primary N) is 1. The topological polar surface area (TPSA) is 86.8 Å². The highest BCUT2D eigenvalue weighted by atomic mass is 32.5. The van der Waals surface area contributed by atoms with Gasteiger partial charge >= 0.3 is 0 Å². The number of rotatable bonds is 2. The Bertz CT molecular complexity index is 241. The summed E-state index contributed by atoms with van der Waals surface area (Å²) in [6.07, 6.45) is 1.29. The predicted octanol–water partition coefficient (Wildman–Crippen LogP) is -0.855. The van der Waals surface area contributed by atoms with Gasteiger partial charge in [-0.25, -0.2) is 4.67 Å². The molecule has 12 heavy (non-hydrogen) atoms. The highest BCUT2D eigenvalue weighted by Crippen LogP contribution is 2.45. The fraction of sp³-hybridized carbons (Fsp3) is 0.800. The van der Waals surface area contributed by atoms with Crippen molar-refractivity contribution in [2.24, 2.45) is 5.73 Å². The molecule has 1 amide bonds. The highest BCUT2D eigenvalue weighted by Gasteiger charge is 2.36. The summed E-state index contributed by atoms with van der Waals surface area (Å²) in [5, 5.41) is 0. The molecule has 1 atom stereocenters. The summed E-state index contributed by atoms with van der Waals surface area (Å²) in [6.45, 7) is -3.02. The monoisotopic (exact) mass is 210 g/mol. The Morgan fingerprint density at radius 2 is 2.25 bits per heavy atom. The third-order valence-electron chi connectivity index (χ3n) is 1.89. The van der Waals surface area contributed by atoms with Crippen molar-refractivity contribution >= 4 is 24.4 Å². The molecule has 5 nitrogen and oxygen atoms in total. The standard InChI is InChI=1S/C5H11N2O3PS/c6-5(8)4-2-1-3-7(4)11(9,10)12/h4H,1-3H2,(H2,6,8)(H2,9,10,12)/t4-/m0/s1. The smallest absolute Gasteiger partial charge is 0.259 e. The van der Waals surface area contributed by atoms with E-state index in [1.165, 1.54) is 4.67 Å². The van der Waals surface area contributed by atoms with E-state index < -0.39 is 18.6 Å². The van der Waals surface area contributed by atoms with Crippen molar-refractivity contribution in [3.8, 4) is 0 Å². The first kappa shape index (κ1) is 10.1. The lowest BCUT2D eigenvalue weighted by molar-refractivity contribution is -0.121. The van der Waals surface area contributed by atoms with E-state index in [9.17, 15) is 4.79 Å². The molecule has 7 heteroatoms. The van der Waals surface area contributed by atoms with Crippen LogP contribution in [0.3, 0.4) is 0 Å². The quantitative estimate of drug-likeness (QED) is 0.516. The minimum Gasteiger partial charge on any atom is -0.368 e. The van der Waals surface area contributed by atoms with E-state index in [1.807, 2.05) is 0 Å². The van der Waals surface area contributed by atoms with Gasteiger partial charge in [0.25, 0.3) is 6.64 Å². The molecule has 1 saturated heterocycles. The van der Waals surface area contributed by atoms with Crippen LogP contribution >= 0.6 is 6.64 Å². The molecular formula is C5H11N2O3PS. The lowest BCUT2D eigenvalue weighted by atomic mass is 10.2. The Kier molecular flexibility index (Phi) is 2.85. The maximum absolute atomic E-state index is 10.8. The van der Waals surface area contributed by atoms with Crippen LogP contribution in [-0.4, -0.2) is 33.0 Å². The number of carbonyl (C=O) groups is 1. The lowest BCUT2D eigenvalue weighted by Gasteiger charge is -2.25. The second kappa shape index (κ2) is 3.40. The molecule has 0 aromatic heterocycles. The van der Waals surface area contributed by atoms with Gasteiger partial charge < -0.3 is 15.5 Å². The fourth-order valence-electron chi connectivity index (χ4n) is 1.35. The summed E-state index contributed by atoms with van der Waals surface area (Å²) in [7, 11) is 0. The van der Waals surface area contributed by atoms with Gasteiger partial charge in [0.1, 0.15) is 0 Å². The molecule has 1 aliphatic rings. The number of nitrogens with zero attached hydrogens (tertiary/aromatic N) is 1. The van der Waals surface area contributed by atoms with Crippen molar-refractivity contribution in [2.45, 2.75) is 18.9 Å². The second-order valence-corrected chi connectivity index (χ2v) is 5.75. The van der Waals surface area contributed by atoms with Crippen LogP contribution in [0.5, 0.6) is 0 Å². The largest absolute Gasteiger partial charge is 0.368 e. The highest BCUT2D eigenvalue weighted by molar-refractivity contribution is 8.07. The van der Waals surface area contributed by atoms with Crippen molar-refractivity contribution in [1.82, 2.24) is 4.67 Å². The first-order valence-electron chi connectivity index (χ1n) is 3.55. The molecule has 0 radical (unpaired) electrons. The van der Waals surface area contributed by atoms with E-state index >= 15 is 0 Å². The van der Waals surface area contributed by atoms with Gasteiger partial charge in [-0.1, -0.05) is 0 Å². The lowest BCUT2D eigenvalue weighted by Crippen LogP contribution is -2.38. The molecule has 1 fully saturated rings. The molecular weight excluding hydrogens is 199 g/mol. The summed E-state index contributed by atoms with van der Waals surface area (Å²) in [4.78, 5) is 29.1. The van der Waals surface area contributed by atoms with Crippen molar-refractivity contribution in [3.63, 3.8) is 0 Å². The van der Waals surface area contributed by atoms with Gasteiger partial charge in [-0.2, -0.15) is 0 Å². The minimum atomic E-state index is -3.46. The minimum absolute atomic E-state index is 0.442. The van der Waals surface area contributed by atoms with E-state index in [0.717, 1.165) is 6.42 Å². The first-order valence-corrected chi connectivity index (χ1v) is 6.21. The van der Waals surface area contributed by atoms with Crippen LogP contribution < -0.4 is 5.73 Å². The Hall–Kier alpha value is -0.0000000000000000833. The molecule has 1 heterocycles. The van der Waals surface area contributed by atoms with Crippen LogP contribution in [0, 0.1) is 0 Å². The molecule has 1 rings (SSSR count). The molecule has 70 valence electrons. The van der Waals surface area contributed by atoms with Crippen LogP contribution in [0.1, 0.15) is 12.8 Å². The maximum Gasteiger partial charge on any atom is 0.259 e. The molecule has 0 aromatic carbocycles. The predicted molar refractivity (Wildman–Crippen MR) is 47.6 cm³/mol. The normalized spacial score (nSPS) is 26.0. The molecule has 0 bridgehead atoms. The molecule has 0 aromatic rings. The van der Waals surface area contributed by atoms with E-state index in [1.54, 1.807) is 0 Å². The Labute approximate surface area is 75.4 Å². The Balaban J connectivity index is 2.78. The molecule has 0 unspecified atom stereocenters. The number of carbonyl (C=O) groups excluding carboxylic acids is 1. The van der Waals surface area contributed by atoms with Crippen LogP contribution in [0.15, 0.2) is 0 Å². The zero-order valence-corrected chi connectivity index (χ0v) is 8.09. The molecule has 4 N–H and O–H groups in total. The second-order valence-electron chi connectivity index (χ2n) is 2.74. The first-order chi connectivity index (χ1) is 5.43. The Morgan fingerprint density at radius 1 is 1.67 bits per heavy atom. The summed E-state index contributed by atoms with van der Waals surface area (Å²) in [5.74, 6) is -0.537. The summed E-state index contributed by atoms with van der Waals surface area (Å²) in [6, 6.07) is -0.592. The fourth-order valence-corrected chi connectivity index (χ4v) is 2.93. The third kappa shape index (κ3) is 2.02. The average molecular weight is 210 g/mol. The van der Waals surface area contributed by atoms with Gasteiger partial charge in [-0.3, -0.25) is 4.79 Å². The zero-order chi connectivity index (χ0) is 9.35. The van der Waals surface area contributed by atoms with E-state index in [2.05, 4.69) is 11.8 Å². The third-order valence-corrected chi connectivity index (χ3v) is 3.66. The number of amides is 1.